The first-order valence-corrected chi connectivity index (χ1v) is 7.13. The molecule has 1 amide bonds. The van der Waals surface area contributed by atoms with Crippen LogP contribution in [0.2, 0.25) is 0 Å². The fourth-order valence-electron chi connectivity index (χ4n) is 2.65. The van der Waals surface area contributed by atoms with Crippen LogP contribution in [0, 0.1) is 12.8 Å². The smallest absolute Gasteiger partial charge is 0.220 e. The van der Waals surface area contributed by atoms with E-state index in [0.717, 1.165) is 37.2 Å². The molecule has 0 aromatic carbocycles. The minimum atomic E-state index is -0.179. The number of carbonyl (C=O) groups excluding carboxylic acids is 1. The Bertz CT molecular complexity index is 413. The molecule has 106 valence electrons. The maximum atomic E-state index is 11.7. The summed E-state index contributed by atoms with van der Waals surface area (Å²) in [7, 11) is 0. The summed E-state index contributed by atoms with van der Waals surface area (Å²) in [5, 5.41) is 12.5. The number of rotatable bonds is 5. The molecule has 1 aromatic rings. The fourth-order valence-corrected chi connectivity index (χ4v) is 2.65. The molecular formula is C15H23NO3. The van der Waals surface area contributed by atoms with Crippen LogP contribution in [0.1, 0.15) is 43.6 Å². The molecule has 1 aliphatic rings. The Hall–Kier alpha value is -1.29. The van der Waals surface area contributed by atoms with Gasteiger partial charge in [-0.15, -0.1) is 0 Å². The number of hydrogen-bond donors (Lipinski definition) is 2. The van der Waals surface area contributed by atoms with Gasteiger partial charge in [0.2, 0.25) is 5.91 Å². The largest absolute Gasteiger partial charge is 0.466 e. The average Bonchev–Trinajstić information content (AvgIpc) is 2.80. The van der Waals surface area contributed by atoms with Gasteiger partial charge in [0, 0.05) is 19.4 Å². The van der Waals surface area contributed by atoms with E-state index in [1.165, 1.54) is 0 Å². The summed E-state index contributed by atoms with van der Waals surface area (Å²) in [6.45, 7) is 2.59. The van der Waals surface area contributed by atoms with Gasteiger partial charge >= 0.3 is 0 Å². The Balaban J connectivity index is 1.64. The summed E-state index contributed by atoms with van der Waals surface area (Å²) in [4.78, 5) is 11.7. The van der Waals surface area contributed by atoms with Gasteiger partial charge in [0.1, 0.15) is 11.5 Å². The van der Waals surface area contributed by atoms with E-state index in [2.05, 4.69) is 5.32 Å². The van der Waals surface area contributed by atoms with Crippen molar-refractivity contribution in [1.29, 1.82) is 0 Å². The third-order valence-electron chi connectivity index (χ3n) is 3.74. The number of amides is 1. The Kier molecular flexibility index (Phi) is 5.02. The van der Waals surface area contributed by atoms with Crippen LogP contribution < -0.4 is 5.32 Å². The van der Waals surface area contributed by atoms with Crippen LogP contribution >= 0.6 is 0 Å². The van der Waals surface area contributed by atoms with Crippen molar-refractivity contribution < 1.29 is 14.3 Å². The van der Waals surface area contributed by atoms with Crippen LogP contribution in [0.25, 0.3) is 0 Å². The third-order valence-corrected chi connectivity index (χ3v) is 3.74. The summed E-state index contributed by atoms with van der Waals surface area (Å²) in [6, 6.07) is 3.83. The molecule has 4 nitrogen and oxygen atoms in total. The third kappa shape index (κ3) is 4.71. The van der Waals surface area contributed by atoms with E-state index in [1.54, 1.807) is 0 Å². The van der Waals surface area contributed by atoms with E-state index >= 15 is 0 Å². The SMILES string of the molecule is Cc1ccc(CCC(=O)NCC2CCCC(O)C2)o1. The molecule has 1 heterocycles. The van der Waals surface area contributed by atoms with Gasteiger partial charge in [-0.25, -0.2) is 0 Å². The van der Waals surface area contributed by atoms with Crippen LogP contribution in [-0.2, 0) is 11.2 Å². The van der Waals surface area contributed by atoms with Crippen molar-refractivity contribution in [3.63, 3.8) is 0 Å². The molecule has 2 unspecified atom stereocenters. The maximum Gasteiger partial charge on any atom is 0.220 e. The predicted molar refractivity (Wildman–Crippen MR) is 72.7 cm³/mol. The molecule has 0 saturated heterocycles. The average molecular weight is 265 g/mol. The van der Waals surface area contributed by atoms with E-state index in [4.69, 9.17) is 4.42 Å². The molecule has 1 aromatic heterocycles. The molecule has 2 N–H and O–H groups in total. The standard InChI is InChI=1S/C15H23NO3/c1-11-5-6-14(19-11)7-8-15(18)16-10-12-3-2-4-13(17)9-12/h5-6,12-13,17H,2-4,7-10H2,1H3,(H,16,18). The Labute approximate surface area is 114 Å². The molecule has 4 heteroatoms. The van der Waals surface area contributed by atoms with Gasteiger partial charge in [0.15, 0.2) is 0 Å². The minimum Gasteiger partial charge on any atom is -0.466 e. The highest BCUT2D eigenvalue weighted by Crippen LogP contribution is 2.23. The quantitative estimate of drug-likeness (QED) is 0.858. The topological polar surface area (TPSA) is 62.5 Å². The van der Waals surface area contributed by atoms with E-state index < -0.39 is 0 Å². The monoisotopic (exact) mass is 265 g/mol. The summed E-state index contributed by atoms with van der Waals surface area (Å²) < 4.78 is 5.43. The molecule has 1 aliphatic carbocycles. The van der Waals surface area contributed by atoms with Crippen molar-refractivity contribution in [3.8, 4) is 0 Å². The van der Waals surface area contributed by atoms with Crippen LogP contribution in [0.5, 0.6) is 0 Å². The number of aliphatic hydroxyl groups is 1. The Morgan fingerprint density at radius 3 is 3.00 bits per heavy atom. The van der Waals surface area contributed by atoms with Crippen molar-refractivity contribution in [1.82, 2.24) is 5.32 Å². The zero-order valence-electron chi connectivity index (χ0n) is 11.5. The predicted octanol–water partition coefficient (Wildman–Crippen LogP) is 2.19. The number of hydrogen-bond acceptors (Lipinski definition) is 3. The first-order chi connectivity index (χ1) is 9.13. The Morgan fingerprint density at radius 2 is 2.32 bits per heavy atom. The summed E-state index contributed by atoms with van der Waals surface area (Å²) in [6.07, 6.45) is 4.82. The lowest BCUT2D eigenvalue weighted by Crippen LogP contribution is -2.33. The van der Waals surface area contributed by atoms with Gasteiger partial charge in [0.25, 0.3) is 0 Å². The van der Waals surface area contributed by atoms with Crippen molar-refractivity contribution >= 4 is 5.91 Å². The zero-order valence-corrected chi connectivity index (χ0v) is 11.5. The van der Waals surface area contributed by atoms with Crippen molar-refractivity contribution in [2.24, 2.45) is 5.92 Å². The number of carbonyl (C=O) groups is 1. The van der Waals surface area contributed by atoms with Crippen LogP contribution in [0.3, 0.4) is 0 Å². The maximum absolute atomic E-state index is 11.7. The van der Waals surface area contributed by atoms with Crippen molar-refractivity contribution in [3.05, 3.63) is 23.7 Å². The molecule has 1 fully saturated rings. The first-order valence-electron chi connectivity index (χ1n) is 7.13. The number of furan rings is 1. The molecule has 0 bridgehead atoms. The fraction of sp³-hybridized carbons (Fsp3) is 0.667. The van der Waals surface area contributed by atoms with E-state index in [9.17, 15) is 9.90 Å². The lowest BCUT2D eigenvalue weighted by atomic mass is 9.87. The molecule has 2 atom stereocenters. The number of aliphatic hydroxyl groups excluding tert-OH is 1. The van der Waals surface area contributed by atoms with E-state index in [0.29, 0.717) is 25.3 Å². The minimum absolute atomic E-state index is 0.0640. The molecule has 19 heavy (non-hydrogen) atoms. The first kappa shape index (κ1) is 14.1. The summed E-state index contributed by atoms with van der Waals surface area (Å²) >= 11 is 0. The second kappa shape index (κ2) is 6.75. The van der Waals surface area contributed by atoms with Gasteiger partial charge in [-0.1, -0.05) is 6.42 Å². The second-order valence-corrected chi connectivity index (χ2v) is 5.50. The van der Waals surface area contributed by atoms with Crippen LogP contribution in [0.4, 0.5) is 0 Å². The molecule has 0 spiro atoms. The van der Waals surface area contributed by atoms with Crippen molar-refractivity contribution in [2.75, 3.05) is 6.54 Å². The highest BCUT2D eigenvalue weighted by molar-refractivity contribution is 5.76. The molecule has 2 rings (SSSR count). The molecule has 0 radical (unpaired) electrons. The molecular weight excluding hydrogens is 242 g/mol. The van der Waals surface area contributed by atoms with Crippen LogP contribution in [0.15, 0.2) is 16.5 Å². The van der Waals surface area contributed by atoms with Gasteiger partial charge in [0.05, 0.1) is 6.10 Å². The number of nitrogens with one attached hydrogen (secondary N) is 1. The van der Waals surface area contributed by atoms with Crippen LogP contribution in [-0.4, -0.2) is 23.7 Å². The lowest BCUT2D eigenvalue weighted by molar-refractivity contribution is -0.121. The number of aryl methyl sites for hydroxylation is 2. The second-order valence-electron chi connectivity index (χ2n) is 5.50. The normalized spacial score (nSPS) is 23.3. The van der Waals surface area contributed by atoms with Gasteiger partial charge in [-0.2, -0.15) is 0 Å². The van der Waals surface area contributed by atoms with Crippen molar-refractivity contribution in [2.45, 2.75) is 51.6 Å². The summed E-state index contributed by atoms with van der Waals surface area (Å²) in [5.74, 6) is 2.24. The van der Waals surface area contributed by atoms with E-state index in [1.807, 2.05) is 19.1 Å². The van der Waals surface area contributed by atoms with Gasteiger partial charge in [-0.05, 0) is 44.2 Å². The highest BCUT2D eigenvalue weighted by atomic mass is 16.3. The zero-order chi connectivity index (χ0) is 13.7. The summed E-state index contributed by atoms with van der Waals surface area (Å²) in [5.41, 5.74) is 0. The highest BCUT2D eigenvalue weighted by Gasteiger charge is 2.20. The molecule has 1 saturated carbocycles. The lowest BCUT2D eigenvalue weighted by Gasteiger charge is -2.25. The Morgan fingerprint density at radius 1 is 1.47 bits per heavy atom. The van der Waals surface area contributed by atoms with E-state index in [-0.39, 0.29) is 12.0 Å². The van der Waals surface area contributed by atoms with Gasteiger partial charge in [-0.3, -0.25) is 4.79 Å². The van der Waals surface area contributed by atoms with Gasteiger partial charge < -0.3 is 14.8 Å². The molecule has 0 aliphatic heterocycles.